The Bertz CT molecular complexity index is 125. The molecule has 0 saturated heterocycles. The molecule has 0 aromatic carbocycles. The molecular formula is C12H27NO. The van der Waals surface area contributed by atoms with Crippen molar-refractivity contribution in [3.63, 3.8) is 0 Å². The normalized spacial score (nSPS) is 15.9. The van der Waals surface area contributed by atoms with Crippen LogP contribution in [0.2, 0.25) is 0 Å². The van der Waals surface area contributed by atoms with Gasteiger partial charge in [0, 0.05) is 12.6 Å². The zero-order chi connectivity index (χ0) is 11.0. The molecule has 0 fully saturated rings. The molecule has 2 heteroatoms. The molecule has 0 aromatic heterocycles. The summed E-state index contributed by atoms with van der Waals surface area (Å²) in [7, 11) is 0. The molecule has 0 saturated carbocycles. The van der Waals surface area contributed by atoms with Gasteiger partial charge in [0.15, 0.2) is 0 Å². The first-order valence-corrected chi connectivity index (χ1v) is 6.01. The van der Waals surface area contributed by atoms with E-state index in [4.69, 9.17) is 0 Å². The van der Waals surface area contributed by atoms with Crippen LogP contribution in [0.5, 0.6) is 0 Å². The van der Waals surface area contributed by atoms with Crippen LogP contribution in [0.3, 0.4) is 0 Å². The standard InChI is InChI=1S/C12H27NO/c1-5-7-11(6-2)13-9-12(14)8-10(3)4/h10-14H,5-9H2,1-4H3. The van der Waals surface area contributed by atoms with E-state index in [9.17, 15) is 5.11 Å². The molecule has 0 bridgehead atoms. The van der Waals surface area contributed by atoms with E-state index < -0.39 is 0 Å². The number of hydrogen-bond acceptors (Lipinski definition) is 2. The van der Waals surface area contributed by atoms with Crippen molar-refractivity contribution in [2.24, 2.45) is 5.92 Å². The summed E-state index contributed by atoms with van der Waals surface area (Å²) in [5.41, 5.74) is 0. The fourth-order valence-corrected chi connectivity index (χ4v) is 1.73. The average molecular weight is 201 g/mol. The average Bonchev–Trinajstić information content (AvgIpc) is 2.11. The summed E-state index contributed by atoms with van der Waals surface area (Å²) in [5.74, 6) is 0.582. The highest BCUT2D eigenvalue weighted by Gasteiger charge is 2.09. The molecule has 0 spiro atoms. The highest BCUT2D eigenvalue weighted by molar-refractivity contribution is 4.68. The van der Waals surface area contributed by atoms with E-state index >= 15 is 0 Å². The molecule has 86 valence electrons. The van der Waals surface area contributed by atoms with Gasteiger partial charge >= 0.3 is 0 Å². The van der Waals surface area contributed by atoms with Crippen molar-refractivity contribution in [3.8, 4) is 0 Å². The van der Waals surface area contributed by atoms with Gasteiger partial charge in [-0.3, -0.25) is 0 Å². The van der Waals surface area contributed by atoms with Gasteiger partial charge in [0.05, 0.1) is 6.10 Å². The second-order valence-corrected chi connectivity index (χ2v) is 4.59. The van der Waals surface area contributed by atoms with Gasteiger partial charge in [-0.15, -0.1) is 0 Å². The lowest BCUT2D eigenvalue weighted by Crippen LogP contribution is -2.35. The number of aliphatic hydroxyl groups excluding tert-OH is 1. The van der Waals surface area contributed by atoms with E-state index in [0.29, 0.717) is 12.0 Å². The predicted molar refractivity (Wildman–Crippen MR) is 62.5 cm³/mol. The molecule has 0 aliphatic rings. The topological polar surface area (TPSA) is 32.3 Å². The number of rotatable bonds is 8. The van der Waals surface area contributed by atoms with Gasteiger partial charge in [-0.25, -0.2) is 0 Å². The second kappa shape index (κ2) is 8.25. The maximum absolute atomic E-state index is 9.67. The molecule has 0 aliphatic carbocycles. The van der Waals surface area contributed by atoms with Crippen LogP contribution in [0.15, 0.2) is 0 Å². The van der Waals surface area contributed by atoms with E-state index in [1.165, 1.54) is 12.8 Å². The predicted octanol–water partition coefficient (Wildman–Crippen LogP) is 2.56. The zero-order valence-electron chi connectivity index (χ0n) is 10.2. The highest BCUT2D eigenvalue weighted by atomic mass is 16.3. The van der Waals surface area contributed by atoms with E-state index in [-0.39, 0.29) is 6.10 Å². The van der Waals surface area contributed by atoms with E-state index in [0.717, 1.165) is 19.4 Å². The van der Waals surface area contributed by atoms with Gasteiger partial charge in [-0.1, -0.05) is 34.1 Å². The van der Waals surface area contributed by atoms with Gasteiger partial charge in [-0.2, -0.15) is 0 Å². The fraction of sp³-hybridized carbons (Fsp3) is 1.00. The van der Waals surface area contributed by atoms with Gasteiger partial charge < -0.3 is 10.4 Å². The molecule has 2 N–H and O–H groups in total. The Hall–Kier alpha value is -0.0800. The fourth-order valence-electron chi connectivity index (χ4n) is 1.73. The first-order chi connectivity index (χ1) is 6.60. The van der Waals surface area contributed by atoms with Crippen LogP contribution >= 0.6 is 0 Å². The smallest absolute Gasteiger partial charge is 0.0667 e. The van der Waals surface area contributed by atoms with Gasteiger partial charge in [0.25, 0.3) is 0 Å². The van der Waals surface area contributed by atoms with Crippen LogP contribution in [-0.2, 0) is 0 Å². The Morgan fingerprint density at radius 2 is 1.86 bits per heavy atom. The molecule has 0 aliphatic heterocycles. The van der Waals surface area contributed by atoms with Gasteiger partial charge in [0.1, 0.15) is 0 Å². The number of hydrogen-bond donors (Lipinski definition) is 2. The van der Waals surface area contributed by atoms with Crippen molar-refractivity contribution in [3.05, 3.63) is 0 Å². The molecule has 0 aromatic rings. The molecule has 0 heterocycles. The summed E-state index contributed by atoms with van der Waals surface area (Å²) in [6.45, 7) is 9.44. The quantitative estimate of drug-likeness (QED) is 0.632. The van der Waals surface area contributed by atoms with Crippen LogP contribution in [0.25, 0.3) is 0 Å². The maximum Gasteiger partial charge on any atom is 0.0667 e. The summed E-state index contributed by atoms with van der Waals surface area (Å²) in [6, 6.07) is 0.585. The molecule has 0 radical (unpaired) electrons. The minimum Gasteiger partial charge on any atom is -0.392 e. The van der Waals surface area contributed by atoms with Crippen LogP contribution in [0.4, 0.5) is 0 Å². The van der Waals surface area contributed by atoms with E-state index in [1.54, 1.807) is 0 Å². The van der Waals surface area contributed by atoms with Crippen molar-refractivity contribution < 1.29 is 5.11 Å². The summed E-state index contributed by atoms with van der Waals surface area (Å²) in [6.07, 6.45) is 4.30. The van der Waals surface area contributed by atoms with Crippen molar-refractivity contribution >= 4 is 0 Å². The summed E-state index contributed by atoms with van der Waals surface area (Å²) in [5, 5.41) is 13.1. The first kappa shape index (κ1) is 13.9. The SMILES string of the molecule is CCCC(CC)NCC(O)CC(C)C. The third kappa shape index (κ3) is 7.34. The highest BCUT2D eigenvalue weighted by Crippen LogP contribution is 2.05. The van der Waals surface area contributed by atoms with Crippen LogP contribution in [0, 0.1) is 5.92 Å². The van der Waals surface area contributed by atoms with Crippen molar-refractivity contribution in [1.82, 2.24) is 5.32 Å². The maximum atomic E-state index is 9.67. The third-order valence-corrected chi connectivity index (χ3v) is 2.52. The Morgan fingerprint density at radius 3 is 2.29 bits per heavy atom. The van der Waals surface area contributed by atoms with E-state index in [2.05, 4.69) is 33.0 Å². The lowest BCUT2D eigenvalue weighted by molar-refractivity contribution is 0.141. The lowest BCUT2D eigenvalue weighted by atomic mass is 10.0. The Labute approximate surface area is 89.1 Å². The Balaban J connectivity index is 3.56. The Morgan fingerprint density at radius 1 is 1.21 bits per heavy atom. The van der Waals surface area contributed by atoms with Crippen molar-refractivity contribution in [2.75, 3.05) is 6.54 Å². The zero-order valence-corrected chi connectivity index (χ0v) is 10.2. The van der Waals surface area contributed by atoms with Crippen LogP contribution in [0.1, 0.15) is 53.4 Å². The molecule has 2 nitrogen and oxygen atoms in total. The number of aliphatic hydroxyl groups is 1. The molecule has 0 amide bonds. The second-order valence-electron chi connectivity index (χ2n) is 4.59. The first-order valence-electron chi connectivity index (χ1n) is 6.01. The summed E-state index contributed by atoms with van der Waals surface area (Å²) >= 11 is 0. The summed E-state index contributed by atoms with van der Waals surface area (Å²) < 4.78 is 0. The van der Waals surface area contributed by atoms with Crippen LogP contribution < -0.4 is 5.32 Å². The molecule has 0 rings (SSSR count). The molecule has 2 unspecified atom stereocenters. The van der Waals surface area contributed by atoms with Gasteiger partial charge in [-0.05, 0) is 25.2 Å². The monoisotopic (exact) mass is 201 g/mol. The largest absolute Gasteiger partial charge is 0.392 e. The summed E-state index contributed by atoms with van der Waals surface area (Å²) in [4.78, 5) is 0. The third-order valence-electron chi connectivity index (χ3n) is 2.52. The Kier molecular flexibility index (Phi) is 8.20. The van der Waals surface area contributed by atoms with E-state index in [1.807, 2.05) is 0 Å². The van der Waals surface area contributed by atoms with Gasteiger partial charge in [0.2, 0.25) is 0 Å². The van der Waals surface area contributed by atoms with Crippen molar-refractivity contribution in [2.45, 2.75) is 65.5 Å². The minimum absolute atomic E-state index is 0.180. The minimum atomic E-state index is -0.180. The molecule has 14 heavy (non-hydrogen) atoms. The van der Waals surface area contributed by atoms with Crippen LogP contribution in [-0.4, -0.2) is 23.8 Å². The lowest BCUT2D eigenvalue weighted by Gasteiger charge is -2.19. The number of nitrogens with one attached hydrogen (secondary N) is 1. The van der Waals surface area contributed by atoms with Crippen molar-refractivity contribution in [1.29, 1.82) is 0 Å². The molecular weight excluding hydrogens is 174 g/mol. The molecule has 2 atom stereocenters.